The van der Waals surface area contributed by atoms with Crippen LogP contribution in [0.2, 0.25) is 0 Å². The smallest absolute Gasteiger partial charge is 0.173 e. The number of benzene rings is 2. The monoisotopic (exact) mass is 392 g/mol. The Labute approximate surface area is 171 Å². The number of ether oxygens (including phenoxy) is 1. The molecule has 28 heavy (non-hydrogen) atoms. The molecule has 4 rings (SSSR count). The van der Waals surface area contributed by atoms with E-state index >= 15 is 0 Å². The van der Waals surface area contributed by atoms with Gasteiger partial charge in [-0.15, -0.1) is 0 Å². The van der Waals surface area contributed by atoms with Crippen molar-refractivity contribution < 1.29 is 9.53 Å². The lowest BCUT2D eigenvalue weighted by Crippen LogP contribution is -2.49. The Morgan fingerprint density at radius 2 is 1.96 bits per heavy atom. The molecule has 0 saturated heterocycles. The van der Waals surface area contributed by atoms with Gasteiger partial charge in [0, 0.05) is 24.2 Å². The molecule has 0 radical (unpaired) electrons. The highest BCUT2D eigenvalue weighted by Gasteiger charge is 2.36. The molecule has 4 nitrogen and oxygen atoms in total. The first kappa shape index (κ1) is 18.7. The van der Waals surface area contributed by atoms with Gasteiger partial charge in [0.15, 0.2) is 10.9 Å². The molecule has 0 spiro atoms. The van der Waals surface area contributed by atoms with E-state index in [-0.39, 0.29) is 11.8 Å². The van der Waals surface area contributed by atoms with Gasteiger partial charge in [-0.1, -0.05) is 42.5 Å². The molecule has 0 saturated carbocycles. The largest absolute Gasteiger partial charge is 0.489 e. The lowest BCUT2D eigenvalue weighted by Gasteiger charge is -2.40. The maximum atomic E-state index is 12.8. The molecule has 2 aliphatic rings. The molecular weight excluding hydrogens is 368 g/mol. The average Bonchev–Trinajstić information content (AvgIpc) is 2.73. The molecule has 0 aromatic heterocycles. The summed E-state index contributed by atoms with van der Waals surface area (Å²) in [6.45, 7) is 3.35. The molecule has 1 aliphatic heterocycles. The number of hydrogen-bond donors (Lipinski definition) is 1. The number of ketones is 1. The lowest BCUT2D eigenvalue weighted by molar-refractivity contribution is -0.116. The van der Waals surface area contributed by atoms with Crippen molar-refractivity contribution in [1.82, 2.24) is 10.2 Å². The first-order valence-corrected chi connectivity index (χ1v) is 10.2. The van der Waals surface area contributed by atoms with Crippen LogP contribution in [-0.2, 0) is 11.4 Å². The van der Waals surface area contributed by atoms with E-state index in [1.54, 1.807) is 0 Å². The Balaban J connectivity index is 1.62. The third kappa shape index (κ3) is 3.67. The maximum Gasteiger partial charge on any atom is 0.173 e. The normalized spacial score (nSPS) is 19.3. The average molecular weight is 393 g/mol. The van der Waals surface area contributed by atoms with Gasteiger partial charge >= 0.3 is 0 Å². The number of carbonyl (C=O) groups excluding carboxylic acids is 1. The van der Waals surface area contributed by atoms with Crippen molar-refractivity contribution in [2.45, 2.75) is 38.8 Å². The van der Waals surface area contributed by atoms with Crippen LogP contribution in [-0.4, -0.2) is 22.3 Å². The van der Waals surface area contributed by atoms with Crippen molar-refractivity contribution in [1.29, 1.82) is 0 Å². The molecule has 0 fully saturated rings. The van der Waals surface area contributed by atoms with Gasteiger partial charge in [-0.25, -0.2) is 0 Å². The summed E-state index contributed by atoms with van der Waals surface area (Å²) in [6.07, 6.45) is 2.40. The van der Waals surface area contributed by atoms with Crippen LogP contribution in [0.15, 0.2) is 65.9 Å². The molecule has 5 heteroatoms. The lowest BCUT2D eigenvalue weighted by atomic mass is 9.85. The van der Waals surface area contributed by atoms with Crippen molar-refractivity contribution in [3.63, 3.8) is 0 Å². The van der Waals surface area contributed by atoms with E-state index in [9.17, 15) is 4.79 Å². The minimum atomic E-state index is -0.210. The summed E-state index contributed by atoms with van der Waals surface area (Å²) in [5, 5.41) is 4.08. The third-order valence-corrected chi connectivity index (χ3v) is 5.65. The highest BCUT2D eigenvalue weighted by Crippen LogP contribution is 2.37. The first-order chi connectivity index (χ1) is 13.7. The predicted molar refractivity (Wildman–Crippen MR) is 114 cm³/mol. The van der Waals surface area contributed by atoms with Crippen molar-refractivity contribution in [2.24, 2.45) is 0 Å². The molecule has 1 unspecified atom stereocenters. The SMILES string of the molecule is CCN1C(=S)NC(c2cccc(OCc3ccccc3)c2)C2=C1CCCC2=O. The number of nitrogens with one attached hydrogen (secondary N) is 1. The van der Waals surface area contributed by atoms with Gasteiger partial charge in [-0.2, -0.15) is 0 Å². The van der Waals surface area contributed by atoms with Gasteiger partial charge in [0.1, 0.15) is 12.4 Å². The van der Waals surface area contributed by atoms with Crippen molar-refractivity contribution in [3.05, 3.63) is 77.0 Å². The van der Waals surface area contributed by atoms with E-state index in [1.807, 2.05) is 54.6 Å². The Morgan fingerprint density at radius 3 is 2.75 bits per heavy atom. The summed E-state index contributed by atoms with van der Waals surface area (Å²) in [5.41, 5.74) is 4.08. The minimum Gasteiger partial charge on any atom is -0.489 e. The van der Waals surface area contributed by atoms with Gasteiger partial charge in [0.25, 0.3) is 0 Å². The molecule has 2 aromatic rings. The van der Waals surface area contributed by atoms with Gasteiger partial charge in [-0.3, -0.25) is 4.79 Å². The van der Waals surface area contributed by atoms with Crippen LogP contribution >= 0.6 is 12.2 Å². The molecular formula is C23H24N2O2S. The quantitative estimate of drug-likeness (QED) is 0.758. The Hall–Kier alpha value is -2.66. The minimum absolute atomic E-state index is 0.210. The van der Waals surface area contributed by atoms with E-state index in [0.29, 0.717) is 18.1 Å². The van der Waals surface area contributed by atoms with Crippen molar-refractivity contribution >= 4 is 23.1 Å². The third-order valence-electron chi connectivity index (χ3n) is 5.31. The number of hydrogen-bond acceptors (Lipinski definition) is 3. The number of nitrogens with zero attached hydrogens (tertiary/aromatic N) is 1. The summed E-state index contributed by atoms with van der Waals surface area (Å²) in [5.74, 6) is 1.01. The number of allylic oxidation sites excluding steroid dienone is 1. The zero-order valence-corrected chi connectivity index (χ0v) is 16.8. The number of carbonyl (C=O) groups is 1. The Morgan fingerprint density at radius 1 is 1.14 bits per heavy atom. The summed E-state index contributed by atoms with van der Waals surface area (Å²) in [7, 11) is 0. The molecule has 0 amide bonds. The van der Waals surface area contributed by atoms with Gasteiger partial charge < -0.3 is 15.0 Å². The zero-order chi connectivity index (χ0) is 19.5. The maximum absolute atomic E-state index is 12.8. The molecule has 144 valence electrons. The predicted octanol–water partition coefficient (Wildman–Crippen LogP) is 4.52. The van der Waals surface area contributed by atoms with Crippen LogP contribution in [0.5, 0.6) is 5.75 Å². The summed E-state index contributed by atoms with van der Waals surface area (Å²) in [4.78, 5) is 14.8. The summed E-state index contributed by atoms with van der Waals surface area (Å²) in [6, 6.07) is 17.8. The standard InChI is InChI=1S/C23H24N2O2S/c1-2-25-19-12-7-13-20(26)21(19)22(24-23(25)28)17-10-6-11-18(14-17)27-15-16-8-4-3-5-9-16/h3-6,8-11,14,22H,2,7,12-13,15H2,1H3,(H,24,28). The van der Waals surface area contributed by atoms with Gasteiger partial charge in [-0.05, 0) is 55.2 Å². The summed E-state index contributed by atoms with van der Waals surface area (Å²) >= 11 is 5.60. The van der Waals surface area contributed by atoms with Gasteiger partial charge in [0.05, 0.1) is 6.04 Å². The van der Waals surface area contributed by atoms with E-state index in [0.717, 1.165) is 47.5 Å². The number of thiocarbonyl (C=S) groups is 1. The van der Waals surface area contributed by atoms with E-state index < -0.39 is 0 Å². The molecule has 2 aromatic carbocycles. The fraction of sp³-hybridized carbons (Fsp3) is 0.304. The van der Waals surface area contributed by atoms with E-state index in [2.05, 4.69) is 17.1 Å². The van der Waals surface area contributed by atoms with Crippen LogP contribution in [0, 0.1) is 0 Å². The first-order valence-electron chi connectivity index (χ1n) is 9.78. The van der Waals surface area contributed by atoms with Crippen LogP contribution in [0.4, 0.5) is 0 Å². The highest BCUT2D eigenvalue weighted by molar-refractivity contribution is 7.80. The second kappa shape index (κ2) is 8.15. The van der Waals surface area contributed by atoms with Crippen LogP contribution in [0.3, 0.4) is 0 Å². The topological polar surface area (TPSA) is 41.6 Å². The molecule has 1 N–H and O–H groups in total. The second-order valence-corrected chi connectivity index (χ2v) is 7.50. The van der Waals surface area contributed by atoms with Crippen LogP contribution in [0.1, 0.15) is 43.4 Å². The second-order valence-electron chi connectivity index (χ2n) is 7.11. The Bertz CT molecular complexity index is 923. The highest BCUT2D eigenvalue weighted by atomic mass is 32.1. The van der Waals surface area contributed by atoms with Crippen molar-refractivity contribution in [2.75, 3.05) is 6.54 Å². The van der Waals surface area contributed by atoms with E-state index in [4.69, 9.17) is 17.0 Å². The Kier molecular flexibility index (Phi) is 5.44. The van der Waals surface area contributed by atoms with Crippen molar-refractivity contribution in [3.8, 4) is 5.75 Å². The number of rotatable bonds is 5. The molecule has 1 aliphatic carbocycles. The molecule has 1 atom stereocenters. The summed E-state index contributed by atoms with van der Waals surface area (Å²) < 4.78 is 5.98. The van der Waals surface area contributed by atoms with Crippen LogP contribution in [0.25, 0.3) is 0 Å². The fourth-order valence-electron chi connectivity index (χ4n) is 3.96. The van der Waals surface area contributed by atoms with Gasteiger partial charge in [0.2, 0.25) is 0 Å². The van der Waals surface area contributed by atoms with E-state index in [1.165, 1.54) is 0 Å². The molecule has 0 bridgehead atoms. The fourth-order valence-corrected chi connectivity index (χ4v) is 4.32. The van der Waals surface area contributed by atoms with Crippen LogP contribution < -0.4 is 10.1 Å². The number of Topliss-reactive ketones (excluding diaryl/α,β-unsaturated/α-hetero) is 1. The zero-order valence-electron chi connectivity index (χ0n) is 16.0. The molecule has 1 heterocycles.